The molecule has 10 heteroatoms. The Balaban J connectivity index is 1.53. The fourth-order valence-electron chi connectivity index (χ4n) is 7.01. The number of primary amides is 1. The average Bonchev–Trinajstić information content (AvgIpc) is 3.19. The molecule has 4 N–H and O–H groups in total. The minimum Gasteiger partial charge on any atom is -0.449 e. The number of alkyl carbamates (subject to hydrolysis) is 1. The standard InChI is InChI=1S/C30H48N4O6/c1-29(2,3)16-40-28(39)33-22(18-12-7-6-8-13-18)27(38)34-15-19-21(30(19,4)5)23(34)26(37)32-20(24(35)25(31)36)14-17-10-9-11-17/h17-23H,6-16H2,1-5H3,(H2,31,36)(H,32,37)(H,33,39)/t19-,20?,21-,22-,23-/m0/s1. The average molecular weight is 561 g/mol. The molecular weight excluding hydrogens is 512 g/mol. The third kappa shape index (κ3) is 6.62. The van der Waals surface area contributed by atoms with Crippen LogP contribution in [0.3, 0.4) is 0 Å². The monoisotopic (exact) mass is 560 g/mol. The number of hydrogen-bond acceptors (Lipinski definition) is 6. The molecule has 4 aliphatic rings. The van der Waals surface area contributed by atoms with Crippen molar-refractivity contribution in [1.29, 1.82) is 0 Å². The summed E-state index contributed by atoms with van der Waals surface area (Å²) in [6.45, 7) is 10.7. The first-order valence-corrected chi connectivity index (χ1v) is 15.1. The molecule has 0 aromatic heterocycles. The van der Waals surface area contributed by atoms with Crippen molar-refractivity contribution in [3.63, 3.8) is 0 Å². The molecular formula is C30H48N4O6. The quantitative estimate of drug-likeness (QED) is 0.350. The van der Waals surface area contributed by atoms with Crippen molar-refractivity contribution in [2.24, 2.45) is 40.2 Å². The van der Waals surface area contributed by atoms with Crippen LogP contribution >= 0.6 is 0 Å². The van der Waals surface area contributed by atoms with E-state index >= 15 is 0 Å². The summed E-state index contributed by atoms with van der Waals surface area (Å²) in [6, 6.07) is -2.56. The molecule has 40 heavy (non-hydrogen) atoms. The maximum atomic E-state index is 14.2. The Labute approximate surface area is 237 Å². The third-order valence-corrected chi connectivity index (χ3v) is 9.73. The normalized spacial score (nSPS) is 27.5. The van der Waals surface area contributed by atoms with Crippen LogP contribution in [0.5, 0.6) is 0 Å². The van der Waals surface area contributed by atoms with Crippen LogP contribution < -0.4 is 16.4 Å². The van der Waals surface area contributed by atoms with E-state index in [1.807, 2.05) is 20.8 Å². The number of nitrogens with two attached hydrogens (primary N) is 1. The van der Waals surface area contributed by atoms with Crippen LogP contribution in [-0.2, 0) is 23.9 Å². The predicted molar refractivity (Wildman–Crippen MR) is 149 cm³/mol. The second-order valence-electron chi connectivity index (χ2n) is 14.4. The third-order valence-electron chi connectivity index (χ3n) is 9.73. The summed E-state index contributed by atoms with van der Waals surface area (Å²) in [5, 5.41) is 5.68. The zero-order valence-corrected chi connectivity index (χ0v) is 24.8. The zero-order chi connectivity index (χ0) is 29.4. The van der Waals surface area contributed by atoms with E-state index in [2.05, 4.69) is 24.5 Å². The maximum Gasteiger partial charge on any atom is 0.407 e. The van der Waals surface area contributed by atoms with Crippen LogP contribution in [-0.4, -0.2) is 65.8 Å². The molecule has 1 aliphatic heterocycles. The number of piperidine rings is 1. The van der Waals surface area contributed by atoms with Crippen LogP contribution in [0, 0.1) is 34.5 Å². The van der Waals surface area contributed by atoms with Gasteiger partial charge in [-0.15, -0.1) is 0 Å². The second-order valence-corrected chi connectivity index (χ2v) is 14.4. The molecule has 0 aromatic carbocycles. The van der Waals surface area contributed by atoms with Crippen LogP contribution in [0.15, 0.2) is 0 Å². The first-order chi connectivity index (χ1) is 18.7. The van der Waals surface area contributed by atoms with Gasteiger partial charge in [0.1, 0.15) is 12.1 Å². The van der Waals surface area contributed by atoms with Gasteiger partial charge in [-0.25, -0.2) is 4.79 Å². The van der Waals surface area contributed by atoms with Crippen molar-refractivity contribution >= 4 is 29.6 Å². The van der Waals surface area contributed by atoms with Gasteiger partial charge in [0.2, 0.25) is 17.6 Å². The number of carbonyl (C=O) groups is 5. The summed E-state index contributed by atoms with van der Waals surface area (Å²) in [4.78, 5) is 66.8. The van der Waals surface area contributed by atoms with Gasteiger partial charge in [-0.2, -0.15) is 0 Å². The number of carbonyl (C=O) groups excluding carboxylic acids is 5. The number of ether oxygens (including phenoxy) is 1. The molecule has 0 radical (unpaired) electrons. The molecule has 0 bridgehead atoms. The maximum absolute atomic E-state index is 14.2. The molecule has 4 fully saturated rings. The van der Waals surface area contributed by atoms with Crippen LogP contribution in [0.4, 0.5) is 4.79 Å². The fraction of sp³-hybridized carbons (Fsp3) is 0.833. The number of fused-ring (bicyclic) bond motifs is 1. The Hall–Kier alpha value is -2.65. The molecule has 1 unspecified atom stereocenters. The lowest BCUT2D eigenvalue weighted by Gasteiger charge is -2.37. The van der Waals surface area contributed by atoms with Crippen molar-refractivity contribution in [3.05, 3.63) is 0 Å². The number of likely N-dealkylation sites (tertiary alicyclic amines) is 1. The zero-order valence-electron chi connectivity index (χ0n) is 24.8. The van der Waals surface area contributed by atoms with Crippen molar-refractivity contribution in [2.45, 2.75) is 111 Å². The molecule has 10 nitrogen and oxygen atoms in total. The van der Waals surface area contributed by atoms with Gasteiger partial charge in [-0.3, -0.25) is 19.2 Å². The molecule has 224 valence electrons. The van der Waals surface area contributed by atoms with Gasteiger partial charge in [-0.05, 0) is 53.8 Å². The fourth-order valence-corrected chi connectivity index (χ4v) is 7.01. The van der Waals surface area contributed by atoms with Gasteiger partial charge in [-0.1, -0.05) is 73.1 Å². The molecule has 3 saturated carbocycles. The van der Waals surface area contributed by atoms with E-state index in [4.69, 9.17) is 10.5 Å². The summed E-state index contributed by atoms with van der Waals surface area (Å²) >= 11 is 0. The highest BCUT2D eigenvalue weighted by atomic mass is 16.5. The van der Waals surface area contributed by atoms with Crippen LogP contribution in [0.25, 0.3) is 0 Å². The van der Waals surface area contributed by atoms with Gasteiger partial charge in [0.25, 0.3) is 5.91 Å². The highest BCUT2D eigenvalue weighted by molar-refractivity contribution is 6.37. The molecule has 3 aliphatic carbocycles. The Bertz CT molecular complexity index is 1010. The van der Waals surface area contributed by atoms with Crippen molar-refractivity contribution < 1.29 is 28.7 Å². The van der Waals surface area contributed by atoms with Crippen LogP contribution in [0.1, 0.15) is 92.4 Å². The summed E-state index contributed by atoms with van der Waals surface area (Å²) in [5.74, 6) is -2.27. The Morgan fingerprint density at radius 1 is 0.975 bits per heavy atom. The van der Waals surface area contributed by atoms with Crippen molar-refractivity contribution in [3.8, 4) is 0 Å². The highest BCUT2D eigenvalue weighted by Gasteiger charge is 2.69. The van der Waals surface area contributed by atoms with E-state index in [0.29, 0.717) is 13.0 Å². The molecule has 1 saturated heterocycles. The van der Waals surface area contributed by atoms with Gasteiger partial charge in [0.15, 0.2) is 0 Å². The van der Waals surface area contributed by atoms with E-state index in [1.54, 1.807) is 4.90 Å². The number of nitrogens with one attached hydrogen (secondary N) is 2. The molecule has 0 spiro atoms. The lowest BCUT2D eigenvalue weighted by molar-refractivity contribution is -0.144. The Morgan fingerprint density at radius 3 is 2.17 bits per heavy atom. The summed E-state index contributed by atoms with van der Waals surface area (Å²) in [6.07, 6.45) is 7.39. The molecule has 1 heterocycles. The Kier molecular flexibility index (Phi) is 8.85. The Morgan fingerprint density at radius 2 is 1.62 bits per heavy atom. The van der Waals surface area contributed by atoms with Gasteiger partial charge in [0, 0.05) is 6.54 Å². The number of Topliss-reactive ketones (excluding diaryl/α,β-unsaturated/α-hetero) is 1. The minimum atomic E-state index is -1.07. The first kappa shape index (κ1) is 30.3. The lowest BCUT2D eigenvalue weighted by Crippen LogP contribution is -2.59. The van der Waals surface area contributed by atoms with E-state index in [0.717, 1.165) is 51.4 Å². The molecule has 0 aromatic rings. The minimum absolute atomic E-state index is 0.0418. The largest absolute Gasteiger partial charge is 0.449 e. The predicted octanol–water partition coefficient (Wildman–Crippen LogP) is 2.92. The highest BCUT2D eigenvalue weighted by Crippen LogP contribution is 2.65. The number of amides is 4. The summed E-state index contributed by atoms with van der Waals surface area (Å²) in [7, 11) is 0. The summed E-state index contributed by atoms with van der Waals surface area (Å²) in [5.41, 5.74) is 4.97. The smallest absolute Gasteiger partial charge is 0.407 e. The lowest BCUT2D eigenvalue weighted by atomic mass is 9.80. The van der Waals surface area contributed by atoms with Crippen molar-refractivity contribution in [1.82, 2.24) is 15.5 Å². The molecule has 4 rings (SSSR count). The van der Waals surface area contributed by atoms with E-state index in [9.17, 15) is 24.0 Å². The van der Waals surface area contributed by atoms with Gasteiger partial charge >= 0.3 is 6.09 Å². The van der Waals surface area contributed by atoms with Crippen molar-refractivity contribution in [2.75, 3.05) is 13.2 Å². The van der Waals surface area contributed by atoms with E-state index in [1.165, 1.54) is 0 Å². The molecule has 4 amide bonds. The van der Waals surface area contributed by atoms with Gasteiger partial charge < -0.3 is 26.0 Å². The SMILES string of the molecule is CC(C)(C)COC(=O)N[C@H](C(=O)N1C[C@H]2[C@@H]([C@H]1C(=O)NC(CC1CCC1)C(=O)C(N)=O)C2(C)C)C1CCCCC1. The summed E-state index contributed by atoms with van der Waals surface area (Å²) < 4.78 is 5.45. The molecule has 5 atom stereocenters. The number of rotatable bonds is 10. The number of ketones is 1. The second kappa shape index (κ2) is 11.7. The van der Waals surface area contributed by atoms with E-state index < -0.39 is 41.8 Å². The first-order valence-electron chi connectivity index (χ1n) is 15.1. The van der Waals surface area contributed by atoms with Gasteiger partial charge in [0.05, 0.1) is 12.6 Å². The number of hydrogen-bond donors (Lipinski definition) is 3. The van der Waals surface area contributed by atoms with Crippen LogP contribution in [0.2, 0.25) is 0 Å². The topological polar surface area (TPSA) is 148 Å². The van der Waals surface area contributed by atoms with E-state index in [-0.39, 0.29) is 47.0 Å². The number of nitrogens with zero attached hydrogens (tertiary/aromatic N) is 1.